The third-order valence-electron chi connectivity index (χ3n) is 5.83. The van der Waals surface area contributed by atoms with Crippen LogP contribution in [0.4, 0.5) is 18.9 Å². The Kier molecular flexibility index (Phi) is 8.06. The quantitative estimate of drug-likeness (QED) is 0.158. The maximum atomic E-state index is 12.4. The molecule has 0 amide bonds. The third kappa shape index (κ3) is 6.54. The Hall–Kier alpha value is -4.25. The lowest BCUT2D eigenvalue weighted by atomic mass is 9.97. The van der Waals surface area contributed by atoms with E-state index in [-0.39, 0.29) is 10.9 Å². The van der Waals surface area contributed by atoms with E-state index in [0.29, 0.717) is 17.4 Å². The average molecular weight is 539 g/mol. The number of aromatic nitrogens is 3. The van der Waals surface area contributed by atoms with Crippen molar-refractivity contribution in [2.75, 3.05) is 5.01 Å². The minimum atomic E-state index is -4.74. The molecule has 0 aliphatic carbocycles. The molecule has 0 aliphatic rings. The van der Waals surface area contributed by atoms with Gasteiger partial charge in [0.15, 0.2) is 10.9 Å². The van der Waals surface area contributed by atoms with Gasteiger partial charge in [-0.25, -0.2) is 14.7 Å². The summed E-state index contributed by atoms with van der Waals surface area (Å²) in [6.07, 6.45) is -0.619. The van der Waals surface area contributed by atoms with Crippen molar-refractivity contribution in [1.29, 1.82) is 0 Å². The zero-order valence-corrected chi connectivity index (χ0v) is 21.4. The van der Waals surface area contributed by atoms with Gasteiger partial charge < -0.3 is 10.5 Å². The molecule has 1 unspecified atom stereocenters. The van der Waals surface area contributed by atoms with E-state index in [4.69, 9.17) is 18.0 Å². The van der Waals surface area contributed by atoms with Crippen molar-refractivity contribution in [3.05, 3.63) is 90.3 Å². The van der Waals surface area contributed by atoms with Gasteiger partial charge in [-0.15, -0.1) is 18.3 Å². The zero-order valence-electron chi connectivity index (χ0n) is 20.6. The van der Waals surface area contributed by atoms with Crippen LogP contribution in [0, 0.1) is 0 Å². The van der Waals surface area contributed by atoms with Crippen molar-refractivity contribution < 1.29 is 17.9 Å². The predicted molar refractivity (Wildman–Crippen MR) is 145 cm³/mol. The molecule has 1 atom stereocenters. The fourth-order valence-corrected chi connectivity index (χ4v) is 3.86. The van der Waals surface area contributed by atoms with Gasteiger partial charge in [-0.05, 0) is 66.0 Å². The average Bonchev–Trinajstić information content (AvgIpc) is 3.39. The number of nitrogens with two attached hydrogens (primary N) is 1. The van der Waals surface area contributed by atoms with E-state index in [1.54, 1.807) is 11.2 Å². The Morgan fingerprint density at radius 1 is 1.11 bits per heavy atom. The number of rotatable bonds is 8. The highest BCUT2D eigenvalue weighted by atomic mass is 32.1. The number of anilines is 1. The number of para-hydroxylation sites is 1. The molecule has 38 heavy (non-hydrogen) atoms. The normalized spacial score (nSPS) is 12.4. The molecule has 0 saturated carbocycles. The van der Waals surface area contributed by atoms with Gasteiger partial charge in [0.1, 0.15) is 12.1 Å². The van der Waals surface area contributed by atoms with Crippen LogP contribution in [0.2, 0.25) is 0 Å². The Morgan fingerprint density at radius 2 is 1.79 bits per heavy atom. The van der Waals surface area contributed by atoms with Crippen LogP contribution in [-0.4, -0.2) is 32.5 Å². The van der Waals surface area contributed by atoms with Gasteiger partial charge >= 0.3 is 6.36 Å². The molecule has 1 heterocycles. The summed E-state index contributed by atoms with van der Waals surface area (Å²) < 4.78 is 42.5. The van der Waals surface area contributed by atoms with Gasteiger partial charge in [0.05, 0.1) is 17.6 Å². The number of hydrazone groups is 1. The summed E-state index contributed by atoms with van der Waals surface area (Å²) in [4.78, 5) is 4.31. The fourth-order valence-electron chi connectivity index (χ4n) is 3.72. The van der Waals surface area contributed by atoms with E-state index in [9.17, 15) is 13.2 Å². The number of alkyl halides is 3. The van der Waals surface area contributed by atoms with Crippen molar-refractivity contribution in [2.45, 2.75) is 32.5 Å². The van der Waals surface area contributed by atoms with Crippen LogP contribution >= 0.6 is 12.2 Å². The predicted octanol–water partition coefficient (Wildman–Crippen LogP) is 6.43. The summed E-state index contributed by atoms with van der Waals surface area (Å²) in [5.74, 6) is 0.462. The molecule has 0 radical (unpaired) electrons. The van der Waals surface area contributed by atoms with Gasteiger partial charge in [-0.1, -0.05) is 56.3 Å². The molecule has 11 heteroatoms. The summed E-state index contributed by atoms with van der Waals surface area (Å²) in [5, 5.41) is 10.7. The van der Waals surface area contributed by atoms with Crippen LogP contribution in [0.1, 0.15) is 37.3 Å². The summed E-state index contributed by atoms with van der Waals surface area (Å²) in [6, 6.07) is 20.7. The van der Waals surface area contributed by atoms with Crippen LogP contribution in [0.3, 0.4) is 0 Å². The lowest BCUT2D eigenvalue weighted by molar-refractivity contribution is -0.274. The number of hydrogen-bond acceptors (Lipinski definition) is 5. The molecule has 0 aliphatic heterocycles. The van der Waals surface area contributed by atoms with Gasteiger partial charge in [0, 0.05) is 5.56 Å². The van der Waals surface area contributed by atoms with Crippen molar-refractivity contribution in [3.8, 4) is 22.8 Å². The molecule has 0 saturated heterocycles. The highest BCUT2D eigenvalue weighted by Crippen LogP contribution is 2.30. The molecule has 4 aromatic rings. The highest BCUT2D eigenvalue weighted by molar-refractivity contribution is 7.80. The molecule has 1 aromatic heterocycles. The SMILES string of the molecule is CCC(C)c1ccccc1N(/N=C/c1ccc(-c2ncn(-c3ccc(OC(F)(F)F)cc3)n2)cc1)C(N)=S. The second-order valence-electron chi connectivity index (χ2n) is 8.44. The Morgan fingerprint density at radius 3 is 2.42 bits per heavy atom. The van der Waals surface area contributed by atoms with E-state index in [1.807, 2.05) is 42.5 Å². The summed E-state index contributed by atoms with van der Waals surface area (Å²) in [6.45, 7) is 4.27. The van der Waals surface area contributed by atoms with Crippen LogP contribution < -0.4 is 15.5 Å². The number of halogens is 3. The monoisotopic (exact) mass is 538 g/mol. The maximum Gasteiger partial charge on any atom is 0.573 e. The van der Waals surface area contributed by atoms with Crippen molar-refractivity contribution in [3.63, 3.8) is 0 Å². The smallest absolute Gasteiger partial charge is 0.406 e. The first-order chi connectivity index (χ1) is 18.1. The molecule has 0 spiro atoms. The molecule has 0 bridgehead atoms. The van der Waals surface area contributed by atoms with Crippen molar-refractivity contribution >= 4 is 29.2 Å². The maximum absolute atomic E-state index is 12.4. The van der Waals surface area contributed by atoms with Gasteiger partial charge in [-0.3, -0.25) is 0 Å². The lowest BCUT2D eigenvalue weighted by Crippen LogP contribution is -2.31. The second kappa shape index (κ2) is 11.4. The zero-order chi connectivity index (χ0) is 27.3. The second-order valence-corrected chi connectivity index (χ2v) is 8.86. The van der Waals surface area contributed by atoms with E-state index in [2.05, 4.69) is 39.8 Å². The molecule has 0 fully saturated rings. The third-order valence-corrected chi connectivity index (χ3v) is 6.01. The minimum absolute atomic E-state index is 0.140. The Bertz CT molecular complexity index is 1420. The largest absolute Gasteiger partial charge is 0.573 e. The standard InChI is InChI=1S/C27H25F3N6OS/c1-3-18(2)23-6-4-5-7-24(23)36(26(31)38)33-16-19-8-10-20(11-9-19)25-32-17-35(34-25)21-12-14-22(15-13-21)37-27(28,29)30/h4-18H,3H2,1-2H3,(H2,31,38)/b33-16+. The number of nitrogens with zero attached hydrogens (tertiary/aromatic N) is 5. The molecular formula is C27H25F3N6OS. The van der Waals surface area contributed by atoms with E-state index < -0.39 is 6.36 Å². The lowest BCUT2D eigenvalue weighted by Gasteiger charge is -2.22. The van der Waals surface area contributed by atoms with Crippen molar-refractivity contribution in [2.24, 2.45) is 10.8 Å². The van der Waals surface area contributed by atoms with Gasteiger partial charge in [-0.2, -0.15) is 5.10 Å². The van der Waals surface area contributed by atoms with Crippen LogP contribution in [0.5, 0.6) is 5.75 Å². The number of thiocarbonyl (C=S) groups is 1. The first-order valence-corrected chi connectivity index (χ1v) is 12.2. The van der Waals surface area contributed by atoms with Gasteiger partial charge in [0.25, 0.3) is 0 Å². The Labute approximate surface area is 223 Å². The number of hydrogen-bond donors (Lipinski definition) is 1. The number of benzene rings is 3. The number of ether oxygens (including phenoxy) is 1. The van der Waals surface area contributed by atoms with Gasteiger partial charge in [0.2, 0.25) is 0 Å². The molecule has 196 valence electrons. The highest BCUT2D eigenvalue weighted by Gasteiger charge is 2.31. The summed E-state index contributed by atoms with van der Waals surface area (Å²) in [5.41, 5.74) is 10.1. The minimum Gasteiger partial charge on any atom is -0.406 e. The first-order valence-electron chi connectivity index (χ1n) is 11.8. The molecule has 2 N–H and O–H groups in total. The summed E-state index contributed by atoms with van der Waals surface area (Å²) in [7, 11) is 0. The molecule has 7 nitrogen and oxygen atoms in total. The fraction of sp³-hybridized carbons (Fsp3) is 0.185. The summed E-state index contributed by atoms with van der Waals surface area (Å²) >= 11 is 5.27. The topological polar surface area (TPSA) is 81.6 Å². The van der Waals surface area contributed by atoms with Crippen LogP contribution in [0.25, 0.3) is 17.1 Å². The Balaban J connectivity index is 1.49. The van der Waals surface area contributed by atoms with Crippen molar-refractivity contribution in [1.82, 2.24) is 14.8 Å². The van der Waals surface area contributed by atoms with Crippen LogP contribution in [0.15, 0.2) is 84.2 Å². The van der Waals surface area contributed by atoms with Crippen LogP contribution in [-0.2, 0) is 0 Å². The molecular weight excluding hydrogens is 513 g/mol. The van der Waals surface area contributed by atoms with E-state index >= 15 is 0 Å². The van der Waals surface area contributed by atoms with E-state index in [0.717, 1.165) is 28.8 Å². The van der Waals surface area contributed by atoms with E-state index in [1.165, 1.54) is 35.3 Å². The molecule has 3 aromatic carbocycles. The first kappa shape index (κ1) is 26.8. The molecule has 4 rings (SSSR count).